The summed E-state index contributed by atoms with van der Waals surface area (Å²) in [6.07, 6.45) is 2.73. The predicted molar refractivity (Wildman–Crippen MR) is 104 cm³/mol. The summed E-state index contributed by atoms with van der Waals surface area (Å²) in [5, 5.41) is 6.82. The topological polar surface area (TPSA) is 39.7 Å². The summed E-state index contributed by atoms with van der Waals surface area (Å²) in [6, 6.07) is 1.88. The number of nitrogens with zero attached hydrogens (tertiary/aromatic N) is 2. The summed E-state index contributed by atoms with van der Waals surface area (Å²) in [4.78, 5) is 7.30. The molecule has 1 fully saturated rings. The first-order chi connectivity index (χ1) is 9.45. The Morgan fingerprint density at radius 3 is 2.24 bits per heavy atom. The molecule has 0 aromatic carbocycles. The molecule has 0 aliphatic heterocycles. The zero-order valence-corrected chi connectivity index (χ0v) is 17.0. The van der Waals surface area contributed by atoms with E-state index in [1.54, 1.807) is 0 Å². The highest BCUT2D eigenvalue weighted by Crippen LogP contribution is 2.28. The van der Waals surface area contributed by atoms with Gasteiger partial charge in [0.25, 0.3) is 0 Å². The highest BCUT2D eigenvalue weighted by molar-refractivity contribution is 14.0. The Morgan fingerprint density at radius 1 is 1.19 bits per heavy atom. The summed E-state index contributed by atoms with van der Waals surface area (Å²) < 4.78 is 0. The number of hydrogen-bond donors (Lipinski definition) is 2. The van der Waals surface area contributed by atoms with E-state index in [0.717, 1.165) is 31.6 Å². The molecule has 126 valence electrons. The molecule has 0 bridgehead atoms. The van der Waals surface area contributed by atoms with Crippen LogP contribution in [0.5, 0.6) is 0 Å². The Kier molecular flexibility index (Phi) is 10.6. The highest BCUT2D eigenvalue weighted by Gasteiger charge is 2.29. The number of halogens is 1. The third-order valence-corrected chi connectivity index (χ3v) is 4.02. The first-order valence-corrected chi connectivity index (χ1v) is 8.26. The maximum atomic E-state index is 4.72. The quantitative estimate of drug-likeness (QED) is 0.367. The zero-order valence-electron chi connectivity index (χ0n) is 14.6. The third kappa shape index (κ3) is 8.24. The van der Waals surface area contributed by atoms with Gasteiger partial charge in [-0.3, -0.25) is 9.89 Å². The fraction of sp³-hybridized carbons (Fsp3) is 0.938. The molecule has 21 heavy (non-hydrogen) atoms. The molecule has 1 aliphatic rings. The third-order valence-electron chi connectivity index (χ3n) is 4.02. The van der Waals surface area contributed by atoms with Crippen molar-refractivity contribution in [1.82, 2.24) is 15.5 Å². The lowest BCUT2D eigenvalue weighted by molar-refractivity contribution is 0.218. The molecular weight excluding hydrogens is 375 g/mol. The predicted octanol–water partition coefficient (Wildman–Crippen LogP) is 3.08. The minimum Gasteiger partial charge on any atom is -0.357 e. The smallest absolute Gasteiger partial charge is 0.191 e. The Labute approximate surface area is 148 Å². The number of guanidine groups is 1. The van der Waals surface area contributed by atoms with E-state index < -0.39 is 0 Å². The van der Waals surface area contributed by atoms with Crippen LogP contribution < -0.4 is 10.6 Å². The van der Waals surface area contributed by atoms with Crippen LogP contribution in [-0.4, -0.2) is 48.6 Å². The van der Waals surface area contributed by atoms with Crippen LogP contribution in [0.15, 0.2) is 4.99 Å². The molecule has 0 saturated heterocycles. The van der Waals surface area contributed by atoms with Crippen LogP contribution in [0.4, 0.5) is 0 Å². The van der Waals surface area contributed by atoms with Crippen molar-refractivity contribution in [3.8, 4) is 0 Å². The fourth-order valence-electron chi connectivity index (χ4n) is 2.25. The number of hydrogen-bond acceptors (Lipinski definition) is 2. The summed E-state index contributed by atoms with van der Waals surface area (Å²) in [5.41, 5.74) is 0. The Morgan fingerprint density at radius 2 is 1.81 bits per heavy atom. The summed E-state index contributed by atoms with van der Waals surface area (Å²) in [7, 11) is 0. The molecule has 5 heteroatoms. The van der Waals surface area contributed by atoms with Crippen molar-refractivity contribution in [3.63, 3.8) is 0 Å². The summed E-state index contributed by atoms with van der Waals surface area (Å²) >= 11 is 0. The molecule has 0 aromatic rings. The molecular formula is C16H35IN4. The van der Waals surface area contributed by atoms with Gasteiger partial charge in [-0.05, 0) is 46.5 Å². The Hall–Kier alpha value is -0.0400. The van der Waals surface area contributed by atoms with Crippen LogP contribution in [-0.2, 0) is 0 Å². The number of rotatable bonds is 8. The van der Waals surface area contributed by atoms with E-state index in [9.17, 15) is 0 Å². The highest BCUT2D eigenvalue weighted by atomic mass is 127. The molecule has 4 nitrogen and oxygen atoms in total. The van der Waals surface area contributed by atoms with E-state index in [0.29, 0.717) is 18.0 Å². The molecule has 1 atom stereocenters. The fourth-order valence-corrected chi connectivity index (χ4v) is 2.25. The average molecular weight is 410 g/mol. The molecule has 1 unspecified atom stereocenters. The van der Waals surface area contributed by atoms with Gasteiger partial charge >= 0.3 is 0 Å². The molecule has 1 rings (SSSR count). The van der Waals surface area contributed by atoms with E-state index >= 15 is 0 Å². The van der Waals surface area contributed by atoms with E-state index in [2.05, 4.69) is 57.1 Å². The minimum absolute atomic E-state index is 0. The monoisotopic (exact) mass is 410 g/mol. The zero-order chi connectivity index (χ0) is 15.1. The Balaban J connectivity index is 0.00000400. The maximum Gasteiger partial charge on any atom is 0.191 e. The van der Waals surface area contributed by atoms with Crippen molar-refractivity contribution in [2.75, 3.05) is 19.6 Å². The number of nitrogens with one attached hydrogen (secondary N) is 2. The normalized spacial score (nSPS) is 17.1. The van der Waals surface area contributed by atoms with Gasteiger partial charge < -0.3 is 10.6 Å². The van der Waals surface area contributed by atoms with Crippen LogP contribution in [0.2, 0.25) is 0 Å². The standard InChI is InChI=1S/C16H34N4.HI/c1-7-17-16(19-14(6)12(2)3)18-10-11-20(13(4)5)15-8-9-15;/h12-15H,7-11H2,1-6H3,(H2,17,18,19);1H. The second kappa shape index (κ2) is 10.6. The lowest BCUT2D eigenvalue weighted by Gasteiger charge is -2.26. The van der Waals surface area contributed by atoms with Crippen LogP contribution in [0.25, 0.3) is 0 Å². The van der Waals surface area contributed by atoms with E-state index in [1.165, 1.54) is 12.8 Å². The van der Waals surface area contributed by atoms with Crippen LogP contribution in [0.3, 0.4) is 0 Å². The molecule has 0 heterocycles. The van der Waals surface area contributed by atoms with E-state index in [1.807, 2.05) is 0 Å². The van der Waals surface area contributed by atoms with Gasteiger partial charge in [0.15, 0.2) is 5.96 Å². The molecule has 0 spiro atoms. The Bertz CT molecular complexity index is 299. The van der Waals surface area contributed by atoms with Gasteiger partial charge in [0.05, 0.1) is 6.54 Å². The van der Waals surface area contributed by atoms with Gasteiger partial charge in [-0.25, -0.2) is 0 Å². The van der Waals surface area contributed by atoms with Gasteiger partial charge in [-0.1, -0.05) is 13.8 Å². The van der Waals surface area contributed by atoms with Crippen molar-refractivity contribution in [3.05, 3.63) is 0 Å². The minimum atomic E-state index is 0. The molecule has 2 N–H and O–H groups in total. The van der Waals surface area contributed by atoms with Crippen LogP contribution in [0, 0.1) is 5.92 Å². The average Bonchev–Trinajstić information content (AvgIpc) is 3.18. The van der Waals surface area contributed by atoms with Crippen molar-refractivity contribution in [1.29, 1.82) is 0 Å². The van der Waals surface area contributed by atoms with Crippen molar-refractivity contribution in [2.45, 2.75) is 72.5 Å². The van der Waals surface area contributed by atoms with Gasteiger partial charge in [-0.15, -0.1) is 24.0 Å². The summed E-state index contributed by atoms with van der Waals surface area (Å²) in [5.74, 6) is 1.56. The first-order valence-electron chi connectivity index (χ1n) is 8.26. The van der Waals surface area contributed by atoms with Crippen molar-refractivity contribution >= 4 is 29.9 Å². The van der Waals surface area contributed by atoms with Crippen LogP contribution >= 0.6 is 24.0 Å². The van der Waals surface area contributed by atoms with E-state index in [4.69, 9.17) is 4.99 Å². The molecule has 1 aliphatic carbocycles. The first kappa shape index (κ1) is 21.0. The molecule has 1 saturated carbocycles. The summed E-state index contributed by atoms with van der Waals surface area (Å²) in [6.45, 7) is 16.2. The van der Waals surface area contributed by atoms with Gasteiger partial charge in [0.1, 0.15) is 0 Å². The molecule has 0 radical (unpaired) electrons. The SMILES string of the molecule is CCNC(=NCCN(C(C)C)C1CC1)NC(C)C(C)C.I. The van der Waals surface area contributed by atoms with Gasteiger partial charge in [0, 0.05) is 31.2 Å². The lowest BCUT2D eigenvalue weighted by Crippen LogP contribution is -2.44. The van der Waals surface area contributed by atoms with Crippen LogP contribution in [0.1, 0.15) is 54.4 Å². The second-order valence-corrected chi connectivity index (χ2v) is 6.50. The number of aliphatic imine (C=N–C) groups is 1. The molecule has 0 amide bonds. The van der Waals surface area contributed by atoms with Crippen molar-refractivity contribution in [2.24, 2.45) is 10.9 Å². The lowest BCUT2D eigenvalue weighted by atomic mass is 10.1. The molecule has 0 aromatic heterocycles. The second-order valence-electron chi connectivity index (χ2n) is 6.50. The van der Waals surface area contributed by atoms with Crippen molar-refractivity contribution < 1.29 is 0 Å². The van der Waals surface area contributed by atoms with E-state index in [-0.39, 0.29) is 24.0 Å². The maximum absolute atomic E-state index is 4.72. The van der Waals surface area contributed by atoms with Gasteiger partial charge in [-0.2, -0.15) is 0 Å². The largest absolute Gasteiger partial charge is 0.357 e. The van der Waals surface area contributed by atoms with Gasteiger partial charge in [0.2, 0.25) is 0 Å².